The molecule has 1 amide bonds. The molecule has 3 N–H and O–H groups in total. The number of nitrogens with one attached hydrogen (secondary N) is 1. The predicted molar refractivity (Wildman–Crippen MR) is 75.3 cm³/mol. The molecule has 0 fully saturated rings. The smallest absolute Gasteiger partial charge is 0.249 e. The number of hydrogen-bond acceptors (Lipinski definition) is 3. The molecule has 4 nitrogen and oxygen atoms in total. The zero-order valence-corrected chi connectivity index (χ0v) is 12.5. The molecule has 18 heavy (non-hydrogen) atoms. The van der Waals surface area contributed by atoms with E-state index in [2.05, 4.69) is 33.0 Å². The summed E-state index contributed by atoms with van der Waals surface area (Å²) in [5.74, 6) is 1.06. The van der Waals surface area contributed by atoms with Crippen molar-refractivity contribution in [3.63, 3.8) is 0 Å². The number of carbonyl (C=O) groups is 1. The van der Waals surface area contributed by atoms with Crippen LogP contribution < -0.4 is 11.1 Å². The summed E-state index contributed by atoms with van der Waals surface area (Å²) in [4.78, 5) is 11.9. The Morgan fingerprint density at radius 3 is 2.22 bits per heavy atom. The molecule has 108 valence electrons. The Bertz CT molecular complexity index is 230. The molecule has 0 aromatic carbocycles. The maximum Gasteiger partial charge on any atom is 0.249 e. The fourth-order valence-electron chi connectivity index (χ4n) is 1.66. The Balaban J connectivity index is 3.97. The molecule has 4 heteroatoms. The topological polar surface area (TPSA) is 64.3 Å². The highest BCUT2D eigenvalue weighted by Gasteiger charge is 2.18. The molecule has 0 aliphatic heterocycles. The Labute approximate surface area is 112 Å². The van der Waals surface area contributed by atoms with E-state index in [-0.39, 0.29) is 11.9 Å². The fourth-order valence-corrected chi connectivity index (χ4v) is 1.66. The van der Waals surface area contributed by atoms with E-state index in [0.29, 0.717) is 25.0 Å². The van der Waals surface area contributed by atoms with Crippen molar-refractivity contribution in [3.05, 3.63) is 0 Å². The summed E-state index contributed by atoms with van der Waals surface area (Å²) in [7, 11) is 0. The number of rotatable bonds is 9. The summed E-state index contributed by atoms with van der Waals surface area (Å²) >= 11 is 0. The van der Waals surface area contributed by atoms with Crippen LogP contribution in [-0.4, -0.2) is 31.2 Å². The van der Waals surface area contributed by atoms with Gasteiger partial charge in [0.2, 0.25) is 5.91 Å². The van der Waals surface area contributed by atoms with Crippen LogP contribution in [0.3, 0.4) is 0 Å². The average molecular weight is 258 g/mol. The lowest BCUT2D eigenvalue weighted by atomic mass is 10.0. The van der Waals surface area contributed by atoms with Crippen molar-refractivity contribution in [2.75, 3.05) is 13.2 Å². The van der Waals surface area contributed by atoms with Gasteiger partial charge in [-0.3, -0.25) is 4.79 Å². The number of ether oxygens (including phenoxy) is 1. The standard InChI is InChI=1S/C14H30N2O2/c1-10(2)6-7-18-12(5)14(17)16-13(9-15)8-11(3)4/h10-13H,6-9,15H2,1-5H3,(H,16,17). The van der Waals surface area contributed by atoms with Gasteiger partial charge in [-0.15, -0.1) is 0 Å². The van der Waals surface area contributed by atoms with Gasteiger partial charge in [0.25, 0.3) is 0 Å². The van der Waals surface area contributed by atoms with Gasteiger partial charge in [-0.25, -0.2) is 0 Å². The lowest BCUT2D eigenvalue weighted by molar-refractivity contribution is -0.132. The minimum Gasteiger partial charge on any atom is -0.369 e. The average Bonchev–Trinajstić information content (AvgIpc) is 2.26. The summed E-state index contributed by atoms with van der Waals surface area (Å²) in [6.45, 7) is 11.4. The molecular weight excluding hydrogens is 228 g/mol. The predicted octanol–water partition coefficient (Wildman–Crippen LogP) is 1.93. The van der Waals surface area contributed by atoms with Gasteiger partial charge >= 0.3 is 0 Å². The van der Waals surface area contributed by atoms with Crippen LogP contribution in [0.4, 0.5) is 0 Å². The lowest BCUT2D eigenvalue weighted by Crippen LogP contribution is -2.45. The maximum atomic E-state index is 11.9. The van der Waals surface area contributed by atoms with Crippen molar-refractivity contribution in [1.82, 2.24) is 5.32 Å². The van der Waals surface area contributed by atoms with Gasteiger partial charge in [0.1, 0.15) is 6.10 Å². The molecule has 0 saturated heterocycles. The Morgan fingerprint density at radius 1 is 1.17 bits per heavy atom. The first-order chi connectivity index (χ1) is 8.36. The second-order valence-electron chi connectivity index (χ2n) is 5.77. The number of amides is 1. The van der Waals surface area contributed by atoms with Gasteiger partial charge < -0.3 is 15.8 Å². The van der Waals surface area contributed by atoms with Crippen LogP contribution in [0.1, 0.15) is 47.5 Å². The zero-order valence-electron chi connectivity index (χ0n) is 12.5. The van der Waals surface area contributed by atoms with E-state index in [9.17, 15) is 4.79 Å². The van der Waals surface area contributed by atoms with Crippen LogP contribution in [0.15, 0.2) is 0 Å². The van der Waals surface area contributed by atoms with Crippen LogP contribution in [0.2, 0.25) is 0 Å². The van der Waals surface area contributed by atoms with Crippen molar-refractivity contribution in [1.29, 1.82) is 0 Å². The highest BCUT2D eigenvalue weighted by atomic mass is 16.5. The molecule has 2 unspecified atom stereocenters. The van der Waals surface area contributed by atoms with Crippen molar-refractivity contribution in [3.8, 4) is 0 Å². The largest absolute Gasteiger partial charge is 0.369 e. The van der Waals surface area contributed by atoms with Gasteiger partial charge in [0.15, 0.2) is 0 Å². The van der Waals surface area contributed by atoms with Crippen LogP contribution in [0, 0.1) is 11.8 Å². The summed E-state index contributed by atoms with van der Waals surface area (Å²) in [6, 6.07) is 0.0497. The minimum atomic E-state index is -0.398. The van der Waals surface area contributed by atoms with E-state index in [1.807, 2.05) is 0 Å². The Morgan fingerprint density at radius 2 is 1.78 bits per heavy atom. The SMILES string of the molecule is CC(C)CCOC(C)C(=O)NC(CN)CC(C)C. The molecule has 0 radical (unpaired) electrons. The molecule has 0 aliphatic carbocycles. The molecule has 0 rings (SSSR count). The Kier molecular flexibility index (Phi) is 9.02. The van der Waals surface area contributed by atoms with E-state index in [1.54, 1.807) is 6.92 Å². The highest BCUT2D eigenvalue weighted by Crippen LogP contribution is 2.05. The zero-order chi connectivity index (χ0) is 14.1. The summed E-state index contributed by atoms with van der Waals surface area (Å²) in [6.07, 6.45) is 1.48. The number of nitrogens with two attached hydrogens (primary N) is 1. The van der Waals surface area contributed by atoms with Crippen LogP contribution in [0.25, 0.3) is 0 Å². The number of carbonyl (C=O) groups excluding carboxylic acids is 1. The number of hydrogen-bond donors (Lipinski definition) is 2. The normalized spacial score (nSPS) is 14.9. The molecular formula is C14H30N2O2. The second kappa shape index (κ2) is 9.34. The van der Waals surface area contributed by atoms with E-state index < -0.39 is 6.10 Å². The van der Waals surface area contributed by atoms with Gasteiger partial charge in [-0.1, -0.05) is 27.7 Å². The maximum absolute atomic E-state index is 11.9. The van der Waals surface area contributed by atoms with Crippen molar-refractivity contribution in [2.45, 2.75) is 59.6 Å². The second-order valence-corrected chi connectivity index (χ2v) is 5.77. The van der Waals surface area contributed by atoms with Gasteiger partial charge in [0.05, 0.1) is 0 Å². The third kappa shape index (κ3) is 8.48. The van der Waals surface area contributed by atoms with Crippen molar-refractivity contribution in [2.24, 2.45) is 17.6 Å². The van der Waals surface area contributed by atoms with Crippen LogP contribution >= 0.6 is 0 Å². The van der Waals surface area contributed by atoms with E-state index in [1.165, 1.54) is 0 Å². The minimum absolute atomic E-state index is 0.0497. The van der Waals surface area contributed by atoms with E-state index in [4.69, 9.17) is 10.5 Å². The molecule has 2 atom stereocenters. The summed E-state index contributed by atoms with van der Waals surface area (Å²) in [5.41, 5.74) is 5.65. The lowest BCUT2D eigenvalue weighted by Gasteiger charge is -2.21. The molecule has 0 aromatic heterocycles. The van der Waals surface area contributed by atoms with Crippen molar-refractivity contribution < 1.29 is 9.53 Å². The molecule has 0 spiro atoms. The first kappa shape index (κ1) is 17.4. The molecule has 0 saturated carbocycles. The highest BCUT2D eigenvalue weighted by molar-refractivity contribution is 5.80. The summed E-state index contributed by atoms with van der Waals surface area (Å²) in [5, 5.41) is 2.95. The molecule has 0 aliphatic rings. The molecule has 0 bridgehead atoms. The first-order valence-electron chi connectivity index (χ1n) is 6.98. The van der Waals surface area contributed by atoms with Crippen LogP contribution in [0.5, 0.6) is 0 Å². The Hall–Kier alpha value is -0.610. The van der Waals surface area contributed by atoms with Gasteiger partial charge in [0, 0.05) is 19.2 Å². The van der Waals surface area contributed by atoms with Crippen LogP contribution in [-0.2, 0) is 9.53 Å². The monoisotopic (exact) mass is 258 g/mol. The van der Waals surface area contributed by atoms with Crippen molar-refractivity contribution >= 4 is 5.91 Å². The third-order valence-electron chi connectivity index (χ3n) is 2.82. The first-order valence-corrected chi connectivity index (χ1v) is 6.98. The van der Waals surface area contributed by atoms with Gasteiger partial charge in [-0.05, 0) is 31.6 Å². The molecule has 0 aromatic rings. The third-order valence-corrected chi connectivity index (χ3v) is 2.82. The van der Waals surface area contributed by atoms with Gasteiger partial charge in [-0.2, -0.15) is 0 Å². The summed E-state index contributed by atoms with van der Waals surface area (Å²) < 4.78 is 5.51. The van der Waals surface area contributed by atoms with E-state index in [0.717, 1.165) is 12.8 Å². The fraction of sp³-hybridized carbons (Fsp3) is 0.929. The quantitative estimate of drug-likeness (QED) is 0.664. The van der Waals surface area contributed by atoms with E-state index >= 15 is 0 Å². The molecule has 0 heterocycles.